The van der Waals surface area contributed by atoms with Crippen LogP contribution in [0.3, 0.4) is 0 Å². The second-order valence-corrected chi connectivity index (χ2v) is 18.8. The van der Waals surface area contributed by atoms with E-state index in [4.69, 9.17) is 42.6 Å². The number of hydrogen-bond acceptors (Lipinski definition) is 21. The van der Waals surface area contributed by atoms with Crippen molar-refractivity contribution in [3.8, 4) is 18.0 Å². The van der Waals surface area contributed by atoms with Crippen LogP contribution in [-0.4, -0.2) is 143 Å². The molecule has 0 amide bonds. The fraction of sp³-hybridized carbons (Fsp3) is 0.588. The molecule has 0 N–H and O–H groups in total. The molecule has 0 saturated heterocycles. The number of ether oxygens (including phenoxy) is 9. The smallest absolute Gasteiger partial charge is 0.325 e. The molecular formula is C51H75N3O15S3. The zero-order valence-corrected chi connectivity index (χ0v) is 44.2. The minimum Gasteiger partial charge on any atom is -0.463 e. The Morgan fingerprint density at radius 1 is 0.389 bits per heavy atom. The van der Waals surface area contributed by atoms with Crippen molar-refractivity contribution in [2.75, 3.05) is 74.2 Å². The molecule has 1 rings (SSSR count). The van der Waals surface area contributed by atoms with E-state index in [9.17, 15) is 28.8 Å². The van der Waals surface area contributed by atoms with E-state index in [1.807, 2.05) is 0 Å². The van der Waals surface area contributed by atoms with Crippen LogP contribution in [0.25, 0.3) is 0 Å². The van der Waals surface area contributed by atoms with E-state index < -0.39 is 54.1 Å². The molecule has 0 radical (unpaired) electrons. The molecule has 3 unspecified atom stereocenters. The third-order valence-corrected chi connectivity index (χ3v) is 12.5. The second-order valence-electron chi connectivity index (χ2n) is 15.4. The highest BCUT2D eigenvalue weighted by Crippen LogP contribution is 2.19. The molecule has 3 atom stereocenters. The van der Waals surface area contributed by atoms with Crippen molar-refractivity contribution in [1.29, 1.82) is 0 Å². The van der Waals surface area contributed by atoms with Crippen molar-refractivity contribution in [2.45, 2.75) is 115 Å². The van der Waals surface area contributed by atoms with Crippen LogP contribution in [-0.2, 0) is 57.2 Å². The number of allylic oxidation sites excluding steroid dienone is 6. The van der Waals surface area contributed by atoms with Gasteiger partial charge in [-0.05, 0) is 75.0 Å². The first-order chi connectivity index (χ1) is 35.0. The van der Waals surface area contributed by atoms with Crippen LogP contribution in [0.2, 0.25) is 0 Å². The lowest BCUT2D eigenvalue weighted by Gasteiger charge is -2.18. The Morgan fingerprint density at radius 2 is 0.625 bits per heavy atom. The first-order valence-electron chi connectivity index (χ1n) is 24.0. The van der Waals surface area contributed by atoms with Gasteiger partial charge in [-0.2, -0.15) is 35.3 Å². The lowest BCUT2D eigenvalue weighted by atomic mass is 10.3. The van der Waals surface area contributed by atoms with Crippen LogP contribution in [0.5, 0.6) is 18.0 Å². The number of aromatic nitrogens is 3. The highest BCUT2D eigenvalue weighted by atomic mass is 32.2. The first-order valence-corrected chi connectivity index (χ1v) is 27.5. The Bertz CT molecular complexity index is 1590. The minimum absolute atomic E-state index is 0.0169. The van der Waals surface area contributed by atoms with Crippen molar-refractivity contribution in [3.05, 3.63) is 75.9 Å². The maximum atomic E-state index is 12.3. The van der Waals surface area contributed by atoms with Gasteiger partial charge in [-0.3, -0.25) is 28.8 Å². The van der Waals surface area contributed by atoms with Gasteiger partial charge >= 0.3 is 53.8 Å². The zero-order valence-electron chi connectivity index (χ0n) is 41.7. The predicted octanol–water partition coefficient (Wildman–Crippen LogP) is 8.54. The third-order valence-electron chi connectivity index (χ3n) is 8.98. The van der Waals surface area contributed by atoms with E-state index in [1.54, 1.807) is 36.5 Å². The molecule has 0 spiro atoms. The van der Waals surface area contributed by atoms with Crippen molar-refractivity contribution in [1.82, 2.24) is 15.0 Å². The summed E-state index contributed by atoms with van der Waals surface area (Å²) in [4.78, 5) is 86.3. The van der Waals surface area contributed by atoms with Crippen LogP contribution in [0.15, 0.2) is 75.9 Å². The molecule has 1 heterocycles. The maximum absolute atomic E-state index is 12.3. The van der Waals surface area contributed by atoms with Gasteiger partial charge in [0.15, 0.2) is 0 Å². The summed E-state index contributed by atoms with van der Waals surface area (Å²) in [6.45, 7) is 22.2. The van der Waals surface area contributed by atoms with Gasteiger partial charge in [-0.25, -0.2) is 0 Å². The zero-order chi connectivity index (χ0) is 52.9. The summed E-state index contributed by atoms with van der Waals surface area (Å²) in [6.07, 6.45) is 13.5. The molecule has 0 aliphatic heterocycles. The lowest BCUT2D eigenvalue weighted by molar-refractivity contribution is -0.157. The summed E-state index contributed by atoms with van der Waals surface area (Å²) in [6, 6.07) is -0.0508. The molecule has 0 aliphatic carbocycles. The average Bonchev–Trinajstić information content (AvgIpc) is 3.37. The topological polar surface area (TPSA) is 224 Å². The predicted molar refractivity (Wildman–Crippen MR) is 281 cm³/mol. The summed E-state index contributed by atoms with van der Waals surface area (Å²) in [5, 5.41) is 0. The third kappa shape index (κ3) is 36.6. The number of rotatable bonds is 48. The van der Waals surface area contributed by atoms with Crippen molar-refractivity contribution < 1.29 is 71.4 Å². The van der Waals surface area contributed by atoms with Crippen LogP contribution < -0.4 is 14.2 Å². The van der Waals surface area contributed by atoms with E-state index in [0.29, 0.717) is 92.3 Å². The van der Waals surface area contributed by atoms with Gasteiger partial charge < -0.3 is 42.6 Å². The van der Waals surface area contributed by atoms with Gasteiger partial charge in [0.05, 0.1) is 19.8 Å². The number of esters is 6. The highest BCUT2D eigenvalue weighted by Gasteiger charge is 2.20. The molecule has 0 aliphatic rings. The minimum atomic E-state index is -0.632. The van der Waals surface area contributed by atoms with Gasteiger partial charge in [-0.15, -0.1) is 54.4 Å². The van der Waals surface area contributed by atoms with Crippen LogP contribution >= 0.6 is 35.3 Å². The summed E-state index contributed by atoms with van der Waals surface area (Å²) in [5.74, 6) is 0.581. The van der Waals surface area contributed by atoms with E-state index >= 15 is 0 Å². The summed E-state index contributed by atoms with van der Waals surface area (Å²) in [5.41, 5.74) is 0. The Morgan fingerprint density at radius 3 is 0.861 bits per heavy atom. The Hall–Kier alpha value is -5.28. The number of hydrogen-bond donors (Lipinski definition) is 0. The van der Waals surface area contributed by atoms with E-state index in [1.165, 1.54) is 35.3 Å². The molecule has 0 bridgehead atoms. The molecule has 0 fully saturated rings. The Labute approximate surface area is 438 Å². The van der Waals surface area contributed by atoms with E-state index in [-0.39, 0.29) is 96.2 Å². The number of nitrogens with zero attached hydrogens (tertiary/aromatic N) is 3. The second kappa shape index (κ2) is 44.4. The molecule has 21 heteroatoms. The molecule has 0 saturated carbocycles. The fourth-order valence-electron chi connectivity index (χ4n) is 5.31. The van der Waals surface area contributed by atoms with Gasteiger partial charge in [0.25, 0.3) is 0 Å². The molecule has 18 nitrogen and oxygen atoms in total. The molecule has 1 aromatic rings. The van der Waals surface area contributed by atoms with Gasteiger partial charge in [-0.1, -0.05) is 36.5 Å². The lowest BCUT2D eigenvalue weighted by Crippen LogP contribution is -2.27. The van der Waals surface area contributed by atoms with Crippen molar-refractivity contribution >= 4 is 71.1 Å². The fourth-order valence-corrected chi connectivity index (χ4v) is 8.06. The molecule has 1 aromatic heterocycles. The van der Waals surface area contributed by atoms with Gasteiger partial charge in [0.1, 0.15) is 38.1 Å². The van der Waals surface area contributed by atoms with Gasteiger partial charge in [0.2, 0.25) is 0 Å². The average molecular weight is 1070 g/mol. The normalized spacial score (nSPS) is 11.8. The number of carbonyl (C=O) groups excluding carboxylic acids is 6. The summed E-state index contributed by atoms with van der Waals surface area (Å²) in [7, 11) is 0. The summed E-state index contributed by atoms with van der Waals surface area (Å²) >= 11 is 4.51. The van der Waals surface area contributed by atoms with E-state index in [2.05, 4.69) is 54.4 Å². The van der Waals surface area contributed by atoms with Crippen LogP contribution in [0.4, 0.5) is 0 Å². The quantitative estimate of drug-likeness (QED) is 0.0258. The molecule has 72 heavy (non-hydrogen) atoms. The Kier molecular flexibility index (Phi) is 39.9. The monoisotopic (exact) mass is 1070 g/mol. The molecule has 0 aromatic carbocycles. The Balaban J connectivity index is 2.93. The summed E-state index contributed by atoms with van der Waals surface area (Å²) < 4.78 is 50.5. The molecular weight excluding hydrogens is 991 g/mol. The highest BCUT2D eigenvalue weighted by molar-refractivity contribution is 7.99. The van der Waals surface area contributed by atoms with E-state index in [0.717, 1.165) is 0 Å². The largest absolute Gasteiger partial charge is 0.463 e. The molecule has 402 valence electrons. The van der Waals surface area contributed by atoms with Crippen molar-refractivity contribution in [2.24, 2.45) is 0 Å². The van der Waals surface area contributed by atoms with Crippen molar-refractivity contribution in [3.63, 3.8) is 0 Å². The van der Waals surface area contributed by atoms with Crippen LogP contribution in [0, 0.1) is 0 Å². The SMILES string of the molecule is C=CCCC(=O)OCC(CSCCCOc1nc(OCCCSCC(COC(=O)CCC=C)OC(=O)CCC=C)nc(OCCCSCC(COC(=O)CCC=C)OC(=O)CCC=C)n1)OC(=O)CCC=C. The first kappa shape index (κ1) is 64.7. The number of carbonyl (C=O) groups is 6. The van der Waals surface area contributed by atoms with Gasteiger partial charge in [0, 0.05) is 55.8 Å². The number of thioether (sulfide) groups is 3. The maximum Gasteiger partial charge on any atom is 0.325 e. The standard InChI is InChI=1S/C51H75N3O15S3/c1-7-13-22-43(55)64-34-40(67-46(58)25-16-10-4)37-70-31-19-28-61-49-52-50(62-29-20-32-71-38-41(68-47(59)26-17-11-5)35-65-44(56)23-14-8-2)54-51(53-49)63-30-21-33-72-39-42(69-48(60)27-18-12-6)36-66-45(57)24-15-9-3/h7-12,40-42H,1-6,13-39H2. The van der Waals surface area contributed by atoms with Crippen LogP contribution in [0.1, 0.15) is 96.3 Å².